The van der Waals surface area contributed by atoms with E-state index in [1.54, 1.807) is 10.6 Å². The fraction of sp³-hybridized carbons (Fsp3) is 0.500. The first kappa shape index (κ1) is 11.5. The zero-order valence-corrected chi connectivity index (χ0v) is 9.29. The molecule has 80 valence electrons. The van der Waals surface area contributed by atoms with E-state index in [0.717, 1.165) is 25.1 Å². The minimum absolute atomic E-state index is 0.00926. The lowest BCUT2D eigenvalue weighted by atomic mass is 10.2. The molecule has 0 aliphatic rings. The van der Waals surface area contributed by atoms with Crippen molar-refractivity contribution in [3.8, 4) is 6.07 Å². The summed E-state index contributed by atoms with van der Waals surface area (Å²) in [6, 6.07) is 5.67. The van der Waals surface area contributed by atoms with Gasteiger partial charge in [-0.3, -0.25) is 4.79 Å². The van der Waals surface area contributed by atoms with Crippen molar-refractivity contribution in [2.45, 2.75) is 39.7 Å². The summed E-state index contributed by atoms with van der Waals surface area (Å²) in [4.78, 5) is 11.9. The molecule has 3 heteroatoms. The average Bonchev–Trinajstić information content (AvgIpc) is 2.22. The maximum absolute atomic E-state index is 11.9. The van der Waals surface area contributed by atoms with Crippen LogP contribution in [0.25, 0.3) is 0 Å². The van der Waals surface area contributed by atoms with Gasteiger partial charge in [-0.1, -0.05) is 19.4 Å². The molecule has 1 aromatic heterocycles. The van der Waals surface area contributed by atoms with Crippen LogP contribution in [-0.2, 0) is 13.0 Å². The Morgan fingerprint density at radius 2 is 2.20 bits per heavy atom. The molecule has 0 fully saturated rings. The second-order valence-corrected chi connectivity index (χ2v) is 3.65. The number of nitriles is 1. The van der Waals surface area contributed by atoms with Gasteiger partial charge in [0.05, 0.1) is 12.5 Å². The molecule has 0 radical (unpaired) electrons. The number of hydrogen-bond donors (Lipinski definition) is 0. The lowest BCUT2D eigenvalue weighted by molar-refractivity contribution is 0.595. The van der Waals surface area contributed by atoms with E-state index in [0.29, 0.717) is 5.56 Å². The van der Waals surface area contributed by atoms with Crippen LogP contribution in [0.15, 0.2) is 16.9 Å². The molecule has 0 unspecified atom stereocenters. The lowest BCUT2D eigenvalue weighted by Crippen LogP contribution is -2.25. The SMILES string of the molecule is CCCCn1c(C)ccc(CC#N)c1=O. The Labute approximate surface area is 90.0 Å². The maximum atomic E-state index is 11.9. The van der Waals surface area contributed by atoms with Crippen molar-refractivity contribution in [2.75, 3.05) is 0 Å². The minimum Gasteiger partial charge on any atom is -0.313 e. The molecule has 1 aromatic rings. The average molecular weight is 204 g/mol. The van der Waals surface area contributed by atoms with Gasteiger partial charge in [-0.25, -0.2) is 0 Å². The summed E-state index contributed by atoms with van der Waals surface area (Å²) >= 11 is 0. The molecule has 0 saturated carbocycles. The summed E-state index contributed by atoms with van der Waals surface area (Å²) in [7, 11) is 0. The Hall–Kier alpha value is -1.56. The third-order valence-electron chi connectivity index (χ3n) is 2.48. The monoisotopic (exact) mass is 204 g/mol. The van der Waals surface area contributed by atoms with Crippen molar-refractivity contribution in [1.82, 2.24) is 4.57 Å². The normalized spacial score (nSPS) is 9.93. The molecule has 0 atom stereocenters. The lowest BCUT2D eigenvalue weighted by Gasteiger charge is -2.10. The van der Waals surface area contributed by atoms with E-state index in [1.165, 1.54) is 0 Å². The highest BCUT2D eigenvalue weighted by atomic mass is 16.1. The van der Waals surface area contributed by atoms with E-state index in [1.807, 2.05) is 19.1 Å². The van der Waals surface area contributed by atoms with Gasteiger partial charge in [0.15, 0.2) is 0 Å². The molecule has 0 spiro atoms. The number of aromatic nitrogens is 1. The maximum Gasteiger partial charge on any atom is 0.254 e. The zero-order chi connectivity index (χ0) is 11.3. The van der Waals surface area contributed by atoms with Crippen LogP contribution in [0, 0.1) is 18.3 Å². The van der Waals surface area contributed by atoms with Crippen molar-refractivity contribution < 1.29 is 0 Å². The molecule has 0 aliphatic carbocycles. The summed E-state index contributed by atoms with van der Waals surface area (Å²) in [6.45, 7) is 4.77. The van der Waals surface area contributed by atoms with Crippen molar-refractivity contribution in [2.24, 2.45) is 0 Å². The van der Waals surface area contributed by atoms with E-state index in [-0.39, 0.29) is 12.0 Å². The van der Waals surface area contributed by atoms with Gasteiger partial charge in [0.25, 0.3) is 5.56 Å². The van der Waals surface area contributed by atoms with Crippen LogP contribution < -0.4 is 5.56 Å². The summed E-state index contributed by atoms with van der Waals surface area (Å²) in [5, 5.41) is 8.58. The molecule has 15 heavy (non-hydrogen) atoms. The molecule has 0 N–H and O–H groups in total. The van der Waals surface area contributed by atoms with Gasteiger partial charge in [0, 0.05) is 17.8 Å². The van der Waals surface area contributed by atoms with Crippen molar-refractivity contribution in [3.05, 3.63) is 33.7 Å². The topological polar surface area (TPSA) is 45.8 Å². The third-order valence-corrected chi connectivity index (χ3v) is 2.48. The predicted molar refractivity (Wildman–Crippen MR) is 59.7 cm³/mol. The first-order valence-corrected chi connectivity index (χ1v) is 5.27. The number of pyridine rings is 1. The summed E-state index contributed by atoms with van der Waals surface area (Å²) in [6.07, 6.45) is 2.26. The second-order valence-electron chi connectivity index (χ2n) is 3.65. The Balaban J connectivity index is 3.08. The van der Waals surface area contributed by atoms with Gasteiger partial charge < -0.3 is 4.57 Å². The predicted octanol–water partition coefficient (Wildman–Crippen LogP) is 2.02. The van der Waals surface area contributed by atoms with Gasteiger partial charge in [-0.2, -0.15) is 5.26 Å². The highest BCUT2D eigenvalue weighted by Gasteiger charge is 2.04. The molecule has 1 heterocycles. The molecule has 3 nitrogen and oxygen atoms in total. The molecule has 1 rings (SSSR count). The van der Waals surface area contributed by atoms with E-state index in [4.69, 9.17) is 5.26 Å². The van der Waals surface area contributed by atoms with Gasteiger partial charge in [-0.15, -0.1) is 0 Å². The van der Waals surface area contributed by atoms with Crippen LogP contribution in [0.3, 0.4) is 0 Å². The number of rotatable bonds is 4. The molecular weight excluding hydrogens is 188 g/mol. The van der Waals surface area contributed by atoms with E-state index < -0.39 is 0 Å². The van der Waals surface area contributed by atoms with Crippen molar-refractivity contribution in [1.29, 1.82) is 5.26 Å². The van der Waals surface area contributed by atoms with Crippen LogP contribution >= 0.6 is 0 Å². The largest absolute Gasteiger partial charge is 0.313 e. The van der Waals surface area contributed by atoms with Gasteiger partial charge >= 0.3 is 0 Å². The molecule has 0 amide bonds. The first-order valence-electron chi connectivity index (χ1n) is 5.27. The molecule has 0 aliphatic heterocycles. The highest BCUT2D eigenvalue weighted by molar-refractivity contribution is 5.18. The molecule has 0 aromatic carbocycles. The van der Waals surface area contributed by atoms with Gasteiger partial charge in [0.1, 0.15) is 0 Å². The summed E-state index contributed by atoms with van der Waals surface area (Å²) < 4.78 is 1.76. The minimum atomic E-state index is -0.00926. The third kappa shape index (κ3) is 2.69. The fourth-order valence-corrected chi connectivity index (χ4v) is 1.53. The second kappa shape index (κ2) is 5.35. The molecule has 0 saturated heterocycles. The summed E-state index contributed by atoms with van der Waals surface area (Å²) in [5.74, 6) is 0. The number of unbranched alkanes of at least 4 members (excludes halogenated alkanes) is 1. The molecule has 0 bridgehead atoms. The Morgan fingerprint density at radius 3 is 2.80 bits per heavy atom. The van der Waals surface area contributed by atoms with Gasteiger partial charge in [0.2, 0.25) is 0 Å². The van der Waals surface area contributed by atoms with Gasteiger partial charge in [-0.05, 0) is 19.4 Å². The van der Waals surface area contributed by atoms with Crippen molar-refractivity contribution in [3.63, 3.8) is 0 Å². The Kier molecular flexibility index (Phi) is 4.11. The number of aryl methyl sites for hydroxylation is 1. The van der Waals surface area contributed by atoms with Crippen molar-refractivity contribution >= 4 is 0 Å². The van der Waals surface area contributed by atoms with Crippen LogP contribution in [-0.4, -0.2) is 4.57 Å². The molecular formula is C12H16N2O. The van der Waals surface area contributed by atoms with Crippen LogP contribution in [0.4, 0.5) is 0 Å². The van der Waals surface area contributed by atoms with Crippen LogP contribution in [0.2, 0.25) is 0 Å². The van der Waals surface area contributed by atoms with E-state index >= 15 is 0 Å². The number of hydrogen-bond acceptors (Lipinski definition) is 2. The summed E-state index contributed by atoms with van der Waals surface area (Å²) in [5.41, 5.74) is 1.55. The van der Waals surface area contributed by atoms with Crippen LogP contribution in [0.5, 0.6) is 0 Å². The fourth-order valence-electron chi connectivity index (χ4n) is 1.53. The quantitative estimate of drug-likeness (QED) is 0.753. The van der Waals surface area contributed by atoms with E-state index in [2.05, 4.69) is 6.92 Å². The smallest absolute Gasteiger partial charge is 0.254 e. The van der Waals surface area contributed by atoms with Crippen LogP contribution in [0.1, 0.15) is 31.0 Å². The Bertz CT molecular complexity index is 426. The Morgan fingerprint density at radius 1 is 1.47 bits per heavy atom. The highest BCUT2D eigenvalue weighted by Crippen LogP contribution is 2.01. The zero-order valence-electron chi connectivity index (χ0n) is 9.29. The number of nitrogens with zero attached hydrogens (tertiary/aromatic N) is 2. The first-order chi connectivity index (χ1) is 7.20. The standard InChI is InChI=1S/C12H16N2O/c1-3-4-9-14-10(2)5-6-11(7-8-13)12(14)15/h5-6H,3-4,7,9H2,1-2H3. The van der Waals surface area contributed by atoms with E-state index in [9.17, 15) is 4.79 Å².